The van der Waals surface area contributed by atoms with Crippen LogP contribution in [0, 0.1) is 0 Å². The Labute approximate surface area is 189 Å². The van der Waals surface area contributed by atoms with Gasteiger partial charge < -0.3 is 14.9 Å². The number of esters is 1. The molecule has 2 N–H and O–H groups in total. The van der Waals surface area contributed by atoms with Crippen LogP contribution in [-0.4, -0.2) is 34.5 Å². The van der Waals surface area contributed by atoms with Gasteiger partial charge in [-0.05, 0) is 33.1 Å². The van der Waals surface area contributed by atoms with E-state index in [0.29, 0.717) is 6.42 Å². The van der Waals surface area contributed by atoms with Gasteiger partial charge in [-0.2, -0.15) is 0 Å². The first-order chi connectivity index (χ1) is 14.4. The molecule has 0 aliphatic heterocycles. The molecule has 0 aromatic heterocycles. The normalized spacial score (nSPS) is 11.6. The van der Waals surface area contributed by atoms with Gasteiger partial charge in [-0.15, -0.1) is 0 Å². The van der Waals surface area contributed by atoms with Gasteiger partial charge in [0, 0.05) is 6.42 Å². The van der Waals surface area contributed by atoms with Crippen LogP contribution in [0.2, 0.25) is 0 Å². The van der Waals surface area contributed by atoms with Crippen molar-refractivity contribution in [2.24, 2.45) is 0 Å². The first-order valence-electron chi connectivity index (χ1n) is 12.9. The Balaban J connectivity index is -0.00000171. The van der Waals surface area contributed by atoms with Crippen LogP contribution in [-0.2, 0) is 9.53 Å². The second-order valence-electron chi connectivity index (χ2n) is 8.26. The predicted octanol–water partition coefficient (Wildman–Crippen LogP) is 7.59. The van der Waals surface area contributed by atoms with Gasteiger partial charge in [0.15, 0.2) is 0 Å². The topological polar surface area (TPSA) is 66.8 Å². The minimum absolute atomic E-state index is 0.0950. The van der Waals surface area contributed by atoms with E-state index in [9.17, 15) is 9.90 Å². The molecule has 0 fully saturated rings. The predicted molar refractivity (Wildman–Crippen MR) is 131 cm³/mol. The van der Waals surface area contributed by atoms with Crippen molar-refractivity contribution in [3.05, 3.63) is 0 Å². The summed E-state index contributed by atoms with van der Waals surface area (Å²) in [6.07, 6.45) is 16.4. The third-order valence-electron chi connectivity index (χ3n) is 4.83. The number of rotatable bonds is 18. The molecule has 0 amide bonds. The van der Waals surface area contributed by atoms with Crippen LogP contribution in [0.5, 0.6) is 0 Å². The lowest BCUT2D eigenvalue weighted by Gasteiger charge is -2.22. The van der Waals surface area contributed by atoms with E-state index in [1.54, 1.807) is 13.8 Å². The van der Waals surface area contributed by atoms with Gasteiger partial charge in [0.05, 0.1) is 12.7 Å². The van der Waals surface area contributed by atoms with E-state index in [1.807, 2.05) is 27.7 Å². The summed E-state index contributed by atoms with van der Waals surface area (Å²) in [6.45, 7) is 13.5. The van der Waals surface area contributed by atoms with Crippen molar-refractivity contribution in [3.8, 4) is 0 Å². The maximum Gasteiger partial charge on any atom is 0.306 e. The SMILES string of the molecule is CC.CC.CCCCCCC(O)CCCCCCCCCCC(=O)OC(C)(C)CO. The van der Waals surface area contributed by atoms with Crippen molar-refractivity contribution >= 4 is 5.97 Å². The van der Waals surface area contributed by atoms with E-state index in [0.717, 1.165) is 38.5 Å². The minimum atomic E-state index is -0.764. The molecular formula is C26H56O4. The number of aliphatic hydroxyl groups excluding tert-OH is 2. The summed E-state index contributed by atoms with van der Waals surface area (Å²) in [5.74, 6) is -0.211. The monoisotopic (exact) mass is 432 g/mol. The molecule has 0 saturated heterocycles. The highest BCUT2D eigenvalue weighted by atomic mass is 16.6. The second kappa shape index (κ2) is 26.4. The molecular weight excluding hydrogens is 376 g/mol. The quantitative estimate of drug-likeness (QED) is 0.173. The highest BCUT2D eigenvalue weighted by Crippen LogP contribution is 2.15. The van der Waals surface area contributed by atoms with Crippen LogP contribution < -0.4 is 0 Å². The number of unbranched alkanes of at least 4 members (excludes halogenated alkanes) is 10. The van der Waals surface area contributed by atoms with Crippen molar-refractivity contribution < 1.29 is 19.7 Å². The third-order valence-corrected chi connectivity index (χ3v) is 4.83. The number of aliphatic hydroxyl groups is 2. The molecule has 0 aliphatic rings. The molecule has 0 spiro atoms. The molecule has 0 aliphatic carbocycles. The molecule has 4 heteroatoms. The highest BCUT2D eigenvalue weighted by Gasteiger charge is 2.21. The van der Waals surface area contributed by atoms with Crippen molar-refractivity contribution in [3.63, 3.8) is 0 Å². The van der Waals surface area contributed by atoms with Gasteiger partial charge in [0.1, 0.15) is 5.60 Å². The van der Waals surface area contributed by atoms with E-state index in [1.165, 1.54) is 51.4 Å². The maximum atomic E-state index is 11.6. The lowest BCUT2D eigenvalue weighted by atomic mass is 10.0. The van der Waals surface area contributed by atoms with E-state index >= 15 is 0 Å². The molecule has 0 radical (unpaired) electrons. The van der Waals surface area contributed by atoms with E-state index < -0.39 is 5.60 Å². The molecule has 1 unspecified atom stereocenters. The fraction of sp³-hybridized carbons (Fsp3) is 0.962. The Morgan fingerprint density at radius 3 is 1.60 bits per heavy atom. The Kier molecular flexibility index (Phi) is 30.0. The number of hydrogen-bond acceptors (Lipinski definition) is 4. The molecule has 0 aromatic carbocycles. The first-order valence-corrected chi connectivity index (χ1v) is 12.9. The lowest BCUT2D eigenvalue weighted by Crippen LogP contribution is -2.31. The summed E-state index contributed by atoms with van der Waals surface area (Å²) in [4.78, 5) is 11.6. The Hall–Kier alpha value is -0.610. The average molecular weight is 433 g/mol. The molecule has 0 rings (SSSR count). The number of carbonyl (C=O) groups is 1. The summed E-state index contributed by atoms with van der Waals surface area (Å²) in [5.41, 5.74) is -0.764. The minimum Gasteiger partial charge on any atom is -0.457 e. The lowest BCUT2D eigenvalue weighted by molar-refractivity contribution is -0.160. The first kappa shape index (κ1) is 34.0. The van der Waals surface area contributed by atoms with Gasteiger partial charge in [0.25, 0.3) is 0 Å². The van der Waals surface area contributed by atoms with Gasteiger partial charge in [-0.3, -0.25) is 4.79 Å². The van der Waals surface area contributed by atoms with E-state index in [-0.39, 0.29) is 18.7 Å². The summed E-state index contributed by atoms with van der Waals surface area (Å²) in [6, 6.07) is 0. The van der Waals surface area contributed by atoms with Gasteiger partial charge in [-0.25, -0.2) is 0 Å². The second-order valence-corrected chi connectivity index (χ2v) is 8.26. The zero-order chi connectivity index (χ0) is 23.7. The van der Waals surface area contributed by atoms with Crippen LogP contribution >= 0.6 is 0 Å². The van der Waals surface area contributed by atoms with Crippen LogP contribution in [0.4, 0.5) is 0 Å². The van der Waals surface area contributed by atoms with Gasteiger partial charge in [-0.1, -0.05) is 105 Å². The molecule has 1 atom stereocenters. The molecule has 184 valence electrons. The van der Waals surface area contributed by atoms with Crippen molar-refractivity contribution in [2.45, 2.75) is 156 Å². The van der Waals surface area contributed by atoms with Gasteiger partial charge in [0.2, 0.25) is 0 Å². The standard InChI is InChI=1S/C22H44O4.2C2H6/c1-4-5-6-13-16-20(24)17-14-11-9-7-8-10-12-15-18-21(25)26-22(2,3)19-23;2*1-2/h20,23-24H,4-19H2,1-3H3;2*1-2H3. The fourth-order valence-corrected chi connectivity index (χ4v) is 3.05. The smallest absolute Gasteiger partial charge is 0.306 e. The largest absolute Gasteiger partial charge is 0.457 e. The van der Waals surface area contributed by atoms with E-state index in [2.05, 4.69) is 6.92 Å². The van der Waals surface area contributed by atoms with Crippen LogP contribution in [0.3, 0.4) is 0 Å². The summed E-state index contributed by atoms with van der Waals surface area (Å²) >= 11 is 0. The molecule has 30 heavy (non-hydrogen) atoms. The zero-order valence-corrected chi connectivity index (χ0v) is 21.6. The Bertz CT molecular complexity index is 329. The van der Waals surface area contributed by atoms with Crippen molar-refractivity contribution in [1.29, 1.82) is 0 Å². The fourth-order valence-electron chi connectivity index (χ4n) is 3.05. The Morgan fingerprint density at radius 2 is 1.17 bits per heavy atom. The average Bonchev–Trinajstić information content (AvgIpc) is 2.75. The van der Waals surface area contributed by atoms with Crippen LogP contribution in [0.25, 0.3) is 0 Å². The van der Waals surface area contributed by atoms with Crippen molar-refractivity contribution in [1.82, 2.24) is 0 Å². The summed E-state index contributed by atoms with van der Waals surface area (Å²) in [5, 5.41) is 19.0. The van der Waals surface area contributed by atoms with Crippen LogP contribution in [0.15, 0.2) is 0 Å². The molecule has 0 aromatic rings. The molecule has 0 saturated carbocycles. The zero-order valence-electron chi connectivity index (χ0n) is 21.6. The molecule has 4 nitrogen and oxygen atoms in total. The van der Waals surface area contributed by atoms with Crippen molar-refractivity contribution in [2.75, 3.05) is 6.61 Å². The number of carbonyl (C=O) groups excluding carboxylic acids is 1. The number of ether oxygens (including phenoxy) is 1. The molecule has 0 bridgehead atoms. The third kappa shape index (κ3) is 27.4. The number of hydrogen-bond donors (Lipinski definition) is 2. The summed E-state index contributed by atoms with van der Waals surface area (Å²) in [7, 11) is 0. The van der Waals surface area contributed by atoms with Crippen LogP contribution in [0.1, 0.15) is 145 Å². The highest BCUT2D eigenvalue weighted by molar-refractivity contribution is 5.69. The summed E-state index contributed by atoms with van der Waals surface area (Å²) < 4.78 is 5.21. The maximum absolute atomic E-state index is 11.6. The van der Waals surface area contributed by atoms with Gasteiger partial charge >= 0.3 is 5.97 Å². The van der Waals surface area contributed by atoms with E-state index in [4.69, 9.17) is 9.84 Å². The molecule has 0 heterocycles. The Morgan fingerprint density at radius 1 is 0.767 bits per heavy atom.